The smallest absolute Gasteiger partial charge is 0.268 e. The Balaban J connectivity index is 2.07. The number of primary amides is 1. The third-order valence-corrected chi connectivity index (χ3v) is 3.87. The monoisotopic (exact) mass is 364 g/mol. The number of nitrogens with zero attached hydrogens (tertiary/aromatic N) is 2. The van der Waals surface area contributed by atoms with Crippen LogP contribution in [-0.2, 0) is 25.7 Å². The Morgan fingerprint density at radius 2 is 2.04 bits per heavy atom. The molecular weight excluding hydrogens is 343 g/mol. The highest BCUT2D eigenvalue weighted by molar-refractivity contribution is 6.39. The normalized spacial score (nSPS) is 15.4. The van der Waals surface area contributed by atoms with Gasteiger partial charge in [-0.1, -0.05) is 12.1 Å². The van der Waals surface area contributed by atoms with Crippen LogP contribution in [0.3, 0.4) is 0 Å². The molecule has 1 heterocycles. The van der Waals surface area contributed by atoms with Crippen molar-refractivity contribution < 1.29 is 23.5 Å². The molecule has 0 radical (unpaired) electrons. The highest BCUT2D eigenvalue weighted by Gasteiger charge is 2.27. The molecule has 0 aromatic heterocycles. The summed E-state index contributed by atoms with van der Waals surface area (Å²) in [6, 6.07) is 4.77. The largest absolute Gasteiger partial charge is 0.385 e. The van der Waals surface area contributed by atoms with Crippen molar-refractivity contribution in [3.05, 3.63) is 35.6 Å². The van der Waals surface area contributed by atoms with Crippen LogP contribution in [0.25, 0.3) is 0 Å². The van der Waals surface area contributed by atoms with E-state index in [1.54, 1.807) is 12.1 Å². The molecule has 9 heteroatoms. The van der Waals surface area contributed by atoms with E-state index in [1.165, 1.54) is 24.3 Å². The first kappa shape index (κ1) is 19.5. The second kappa shape index (κ2) is 9.04. The van der Waals surface area contributed by atoms with Crippen LogP contribution in [0.5, 0.6) is 0 Å². The number of ether oxygens (including phenoxy) is 1. The Morgan fingerprint density at radius 1 is 1.35 bits per heavy atom. The van der Waals surface area contributed by atoms with Gasteiger partial charge in [-0.25, -0.2) is 9.40 Å². The second-order valence-electron chi connectivity index (χ2n) is 5.83. The topological polar surface area (TPSA) is 114 Å². The van der Waals surface area contributed by atoms with Crippen LogP contribution >= 0.6 is 0 Å². The van der Waals surface area contributed by atoms with E-state index in [0.29, 0.717) is 5.56 Å². The number of carbonyl (C=O) groups is 3. The fraction of sp³-hybridized carbons (Fsp3) is 0.412. The summed E-state index contributed by atoms with van der Waals surface area (Å²) in [6.07, 6.45) is 0.524. The van der Waals surface area contributed by atoms with Gasteiger partial charge in [-0.2, -0.15) is 5.10 Å². The molecule has 0 fully saturated rings. The molecule has 1 aliphatic heterocycles. The number of hydrogen-bond acceptors (Lipinski definition) is 5. The van der Waals surface area contributed by atoms with Gasteiger partial charge in [0.2, 0.25) is 11.8 Å². The van der Waals surface area contributed by atoms with E-state index in [9.17, 15) is 18.8 Å². The first-order valence-electron chi connectivity index (χ1n) is 8.12. The van der Waals surface area contributed by atoms with Crippen molar-refractivity contribution in [2.24, 2.45) is 10.8 Å². The van der Waals surface area contributed by atoms with Crippen LogP contribution in [-0.4, -0.2) is 48.2 Å². The van der Waals surface area contributed by atoms with Gasteiger partial charge in [0.25, 0.3) is 5.91 Å². The molecule has 2 rings (SSSR count). The highest BCUT2D eigenvalue weighted by atomic mass is 19.1. The van der Waals surface area contributed by atoms with Gasteiger partial charge in [0.05, 0.1) is 6.54 Å². The van der Waals surface area contributed by atoms with E-state index in [2.05, 4.69) is 10.4 Å². The van der Waals surface area contributed by atoms with Gasteiger partial charge in [0.15, 0.2) is 0 Å². The standard InChI is InChI=1S/C17H21FN4O4/c1-26-9-8-13(16(19)24)20-17(25)14-6-7-15(23)22(21-14)10-11-2-4-12(18)5-3-11/h2-5,13H,6-10H2,1H3,(H2,19,24)(H,20,25). The number of halogens is 1. The van der Waals surface area contributed by atoms with Crippen LogP contribution in [0, 0.1) is 5.82 Å². The maximum absolute atomic E-state index is 13.0. The molecule has 1 aromatic carbocycles. The average Bonchev–Trinajstić information content (AvgIpc) is 2.61. The zero-order chi connectivity index (χ0) is 19.1. The van der Waals surface area contributed by atoms with E-state index >= 15 is 0 Å². The minimum Gasteiger partial charge on any atom is -0.385 e. The van der Waals surface area contributed by atoms with Crippen LogP contribution in [0.4, 0.5) is 4.39 Å². The van der Waals surface area contributed by atoms with Crippen molar-refractivity contribution in [2.75, 3.05) is 13.7 Å². The first-order valence-corrected chi connectivity index (χ1v) is 8.12. The van der Waals surface area contributed by atoms with Crippen molar-refractivity contribution in [1.82, 2.24) is 10.3 Å². The molecule has 1 aromatic rings. The summed E-state index contributed by atoms with van der Waals surface area (Å²) in [5.74, 6) is -1.85. The molecule has 0 bridgehead atoms. The summed E-state index contributed by atoms with van der Waals surface area (Å²) in [7, 11) is 1.48. The minimum atomic E-state index is -0.881. The lowest BCUT2D eigenvalue weighted by Crippen LogP contribution is -2.48. The Labute approximate surface area is 150 Å². The molecule has 0 saturated carbocycles. The third-order valence-electron chi connectivity index (χ3n) is 3.87. The summed E-state index contributed by atoms with van der Waals surface area (Å²) in [4.78, 5) is 35.8. The van der Waals surface area contributed by atoms with Crippen LogP contribution in [0.2, 0.25) is 0 Å². The molecule has 3 amide bonds. The number of hydrazone groups is 1. The van der Waals surface area contributed by atoms with Crippen molar-refractivity contribution in [3.63, 3.8) is 0 Å². The fourth-order valence-electron chi connectivity index (χ4n) is 2.41. The highest BCUT2D eigenvalue weighted by Crippen LogP contribution is 2.14. The zero-order valence-corrected chi connectivity index (χ0v) is 14.4. The summed E-state index contributed by atoms with van der Waals surface area (Å²) in [6.45, 7) is 0.383. The van der Waals surface area contributed by atoms with Gasteiger partial charge in [-0.05, 0) is 24.1 Å². The van der Waals surface area contributed by atoms with Crippen molar-refractivity contribution in [1.29, 1.82) is 0 Å². The molecule has 0 saturated heterocycles. The van der Waals surface area contributed by atoms with E-state index in [0.717, 1.165) is 0 Å². The zero-order valence-electron chi connectivity index (χ0n) is 14.4. The Hall–Kier alpha value is -2.81. The fourth-order valence-corrected chi connectivity index (χ4v) is 2.41. The number of rotatable bonds is 8. The summed E-state index contributed by atoms with van der Waals surface area (Å²) >= 11 is 0. The van der Waals surface area contributed by atoms with Gasteiger partial charge < -0.3 is 15.8 Å². The quantitative estimate of drug-likeness (QED) is 0.691. The predicted octanol–water partition coefficient (Wildman–Crippen LogP) is 0.311. The van der Waals surface area contributed by atoms with Crippen LogP contribution < -0.4 is 11.1 Å². The molecular formula is C17H21FN4O4. The predicted molar refractivity (Wildman–Crippen MR) is 91.2 cm³/mol. The lowest BCUT2D eigenvalue weighted by Gasteiger charge is -2.24. The number of amides is 3. The third kappa shape index (κ3) is 5.35. The second-order valence-corrected chi connectivity index (χ2v) is 5.83. The number of benzene rings is 1. The first-order chi connectivity index (χ1) is 12.4. The van der Waals surface area contributed by atoms with Gasteiger partial charge >= 0.3 is 0 Å². The van der Waals surface area contributed by atoms with E-state index < -0.39 is 17.9 Å². The molecule has 3 N–H and O–H groups in total. The van der Waals surface area contributed by atoms with E-state index in [1.807, 2.05) is 0 Å². The minimum absolute atomic E-state index is 0.118. The van der Waals surface area contributed by atoms with E-state index in [4.69, 9.17) is 10.5 Å². The molecule has 0 aliphatic carbocycles. The summed E-state index contributed by atoms with van der Waals surface area (Å²) in [5, 5.41) is 7.77. The van der Waals surface area contributed by atoms with Crippen molar-refractivity contribution >= 4 is 23.4 Å². The SMILES string of the molecule is COCCC(NC(=O)C1=NN(Cc2ccc(F)cc2)C(=O)CC1)C(N)=O. The Morgan fingerprint density at radius 3 is 2.65 bits per heavy atom. The number of nitrogens with one attached hydrogen (secondary N) is 1. The molecule has 140 valence electrons. The average molecular weight is 364 g/mol. The van der Waals surface area contributed by atoms with Gasteiger partial charge in [-0.15, -0.1) is 0 Å². The Kier molecular flexibility index (Phi) is 6.79. The van der Waals surface area contributed by atoms with E-state index in [-0.39, 0.29) is 49.9 Å². The van der Waals surface area contributed by atoms with Gasteiger partial charge in [0.1, 0.15) is 17.6 Å². The summed E-state index contributed by atoms with van der Waals surface area (Å²) in [5.41, 5.74) is 6.09. The van der Waals surface area contributed by atoms with Crippen molar-refractivity contribution in [3.8, 4) is 0 Å². The van der Waals surface area contributed by atoms with Crippen LogP contribution in [0.1, 0.15) is 24.8 Å². The number of methoxy groups -OCH3 is 1. The lowest BCUT2D eigenvalue weighted by molar-refractivity contribution is -0.132. The molecule has 1 aliphatic rings. The molecule has 1 atom stereocenters. The molecule has 1 unspecified atom stereocenters. The van der Waals surface area contributed by atoms with Crippen molar-refractivity contribution in [2.45, 2.75) is 31.8 Å². The number of carbonyl (C=O) groups excluding carboxylic acids is 3. The maximum atomic E-state index is 13.0. The van der Waals surface area contributed by atoms with Crippen LogP contribution in [0.15, 0.2) is 29.4 Å². The number of nitrogens with two attached hydrogens (primary N) is 1. The Bertz CT molecular complexity index is 705. The number of hydrogen-bond donors (Lipinski definition) is 2. The lowest BCUT2D eigenvalue weighted by atomic mass is 10.1. The summed E-state index contributed by atoms with van der Waals surface area (Å²) < 4.78 is 17.9. The molecule has 8 nitrogen and oxygen atoms in total. The maximum Gasteiger partial charge on any atom is 0.268 e. The van der Waals surface area contributed by atoms with Gasteiger partial charge in [0, 0.05) is 26.6 Å². The molecule has 26 heavy (non-hydrogen) atoms. The van der Waals surface area contributed by atoms with Gasteiger partial charge in [-0.3, -0.25) is 14.4 Å². The molecule has 0 spiro atoms.